The normalized spacial score (nSPS) is 11.9. The second-order valence-corrected chi connectivity index (χ2v) is 1.47. The lowest BCUT2D eigenvalue weighted by atomic mass is 10.5. The highest BCUT2D eigenvalue weighted by Crippen LogP contribution is 2.25. The zero-order valence-corrected chi connectivity index (χ0v) is 4.42. The minimum atomic E-state index is -4.61. The second-order valence-electron chi connectivity index (χ2n) is 1.47. The molecule has 0 fully saturated rings. The molecule has 0 amide bonds. The molecule has 0 atom stereocenters. The molecule has 10 heavy (non-hydrogen) atoms. The molecule has 1 aromatic rings. The zero-order valence-electron chi connectivity index (χ0n) is 4.42. The third-order valence-corrected chi connectivity index (χ3v) is 0.738. The Morgan fingerprint density at radius 3 is 2.40 bits per heavy atom. The van der Waals surface area contributed by atoms with Crippen molar-refractivity contribution in [1.82, 2.24) is 5.16 Å². The molecule has 0 saturated carbocycles. The van der Waals surface area contributed by atoms with Crippen LogP contribution < -0.4 is 4.90 Å². The largest absolute Gasteiger partial charge is 0.464 e. The predicted molar refractivity (Wildman–Crippen MR) is 20.5 cm³/mol. The summed E-state index contributed by atoms with van der Waals surface area (Å²) < 4.78 is 38.2. The van der Waals surface area contributed by atoms with Gasteiger partial charge in [-0.2, -0.15) is 13.2 Å². The van der Waals surface area contributed by atoms with E-state index in [1.807, 2.05) is 0 Å². The van der Waals surface area contributed by atoms with Crippen molar-refractivity contribution in [2.45, 2.75) is 6.18 Å². The summed E-state index contributed by atoms with van der Waals surface area (Å²) in [4.78, 5) is -0.372. The van der Waals surface area contributed by atoms with Crippen molar-refractivity contribution in [3.63, 3.8) is 0 Å². The van der Waals surface area contributed by atoms with Crippen LogP contribution in [-0.2, 0) is 6.18 Å². The van der Waals surface area contributed by atoms with Gasteiger partial charge in [-0.15, -0.1) is 0 Å². The molecule has 0 saturated heterocycles. The van der Waals surface area contributed by atoms with E-state index in [1.165, 1.54) is 0 Å². The standard InChI is InChI=1S/C3HF3N2O2/c4-3(5,6)2-1-8(9)10-7-2/h1H. The fourth-order valence-corrected chi connectivity index (χ4v) is 0.356. The van der Waals surface area contributed by atoms with Crippen molar-refractivity contribution in [1.29, 1.82) is 0 Å². The van der Waals surface area contributed by atoms with Crippen LogP contribution in [0.3, 0.4) is 0 Å². The van der Waals surface area contributed by atoms with E-state index in [-0.39, 0.29) is 11.1 Å². The van der Waals surface area contributed by atoms with Gasteiger partial charge in [-0.3, -0.25) is 4.63 Å². The molecule has 0 radical (unpaired) electrons. The van der Waals surface area contributed by atoms with Gasteiger partial charge in [0.05, 0.1) is 5.16 Å². The summed E-state index contributed by atoms with van der Waals surface area (Å²) in [5, 5.41) is 12.4. The number of rotatable bonds is 0. The number of aromatic nitrogens is 2. The third-order valence-electron chi connectivity index (χ3n) is 0.738. The lowest BCUT2D eigenvalue weighted by Gasteiger charge is -1.92. The molecule has 0 aliphatic rings. The van der Waals surface area contributed by atoms with Crippen molar-refractivity contribution in [2.75, 3.05) is 0 Å². The van der Waals surface area contributed by atoms with Gasteiger partial charge in [0.2, 0.25) is 0 Å². The highest BCUT2D eigenvalue weighted by atomic mass is 19.4. The smallest absolute Gasteiger partial charge is 0.360 e. The predicted octanol–water partition coefficient (Wildman–Crippen LogP) is 0.327. The van der Waals surface area contributed by atoms with Crippen LogP contribution in [0, 0.1) is 5.21 Å². The molecule has 0 N–H and O–H groups in total. The fraction of sp³-hybridized carbons (Fsp3) is 0.333. The zero-order chi connectivity index (χ0) is 7.78. The molecule has 56 valence electrons. The first-order chi connectivity index (χ1) is 4.50. The molecule has 0 aliphatic heterocycles. The van der Waals surface area contributed by atoms with Crippen molar-refractivity contribution in [3.05, 3.63) is 17.1 Å². The van der Waals surface area contributed by atoms with E-state index in [2.05, 4.69) is 9.79 Å². The lowest BCUT2D eigenvalue weighted by Crippen LogP contribution is -2.21. The summed E-state index contributed by atoms with van der Waals surface area (Å²) in [5.74, 6) is 0. The Hall–Kier alpha value is -1.27. The van der Waals surface area contributed by atoms with Crippen molar-refractivity contribution in [3.8, 4) is 0 Å². The summed E-state index contributed by atoms with van der Waals surface area (Å²) in [6, 6.07) is 0. The van der Waals surface area contributed by atoms with Crippen molar-refractivity contribution in [2.24, 2.45) is 0 Å². The first-order valence-electron chi connectivity index (χ1n) is 2.14. The Labute approximate surface area is 52.4 Å². The molecule has 0 spiro atoms. The number of halogens is 3. The number of hydrogen-bond acceptors (Lipinski definition) is 3. The van der Waals surface area contributed by atoms with E-state index in [4.69, 9.17) is 0 Å². The van der Waals surface area contributed by atoms with Crippen molar-refractivity contribution >= 4 is 0 Å². The Kier molecular flexibility index (Phi) is 1.27. The lowest BCUT2D eigenvalue weighted by molar-refractivity contribution is -0.802. The van der Waals surface area contributed by atoms with E-state index in [9.17, 15) is 18.4 Å². The second kappa shape index (κ2) is 1.86. The van der Waals surface area contributed by atoms with Gasteiger partial charge in [0.15, 0.2) is 6.20 Å². The van der Waals surface area contributed by atoms with Gasteiger partial charge in [0.25, 0.3) is 0 Å². The van der Waals surface area contributed by atoms with Gasteiger partial charge in [-0.25, -0.2) is 0 Å². The van der Waals surface area contributed by atoms with Gasteiger partial charge < -0.3 is 5.21 Å². The Morgan fingerprint density at radius 1 is 1.60 bits per heavy atom. The molecule has 7 heteroatoms. The van der Waals surface area contributed by atoms with Crippen LogP contribution >= 0.6 is 0 Å². The quantitative estimate of drug-likeness (QED) is 0.506. The molecule has 0 aliphatic carbocycles. The maximum atomic E-state index is 11.5. The molecular weight excluding hydrogens is 153 g/mol. The van der Waals surface area contributed by atoms with Crippen LogP contribution in [0.2, 0.25) is 0 Å². The molecular formula is C3HF3N2O2. The Balaban J connectivity index is 2.96. The van der Waals surface area contributed by atoms with E-state index >= 15 is 0 Å². The van der Waals surface area contributed by atoms with Crippen LogP contribution in [-0.4, -0.2) is 5.16 Å². The molecule has 4 nitrogen and oxygen atoms in total. The van der Waals surface area contributed by atoms with Crippen LogP contribution in [0.25, 0.3) is 0 Å². The van der Waals surface area contributed by atoms with Gasteiger partial charge in [0.1, 0.15) is 0 Å². The van der Waals surface area contributed by atoms with Crippen LogP contribution in [0.1, 0.15) is 5.69 Å². The average Bonchev–Trinajstić information content (AvgIpc) is 2.11. The SMILES string of the molecule is [O-][n+]1cc(C(F)(F)F)no1. The first kappa shape index (κ1) is 6.84. The summed E-state index contributed by atoms with van der Waals surface area (Å²) in [7, 11) is 0. The van der Waals surface area contributed by atoms with Crippen LogP contribution in [0.15, 0.2) is 10.8 Å². The molecule has 0 unspecified atom stereocenters. The maximum Gasteiger partial charge on any atom is 0.464 e. The summed E-state index contributed by atoms with van der Waals surface area (Å²) in [5.41, 5.74) is -1.33. The topological polar surface area (TPSA) is 53.0 Å². The summed E-state index contributed by atoms with van der Waals surface area (Å²) >= 11 is 0. The summed E-state index contributed by atoms with van der Waals surface area (Å²) in [6.07, 6.45) is -4.40. The number of alkyl halides is 3. The highest BCUT2D eigenvalue weighted by molar-refractivity contribution is 4.91. The van der Waals surface area contributed by atoms with Crippen LogP contribution in [0.4, 0.5) is 13.2 Å². The van der Waals surface area contributed by atoms with Crippen LogP contribution in [0.5, 0.6) is 0 Å². The Bertz CT molecular complexity index is 230. The van der Waals surface area contributed by atoms with E-state index in [0.29, 0.717) is 0 Å². The van der Waals surface area contributed by atoms with E-state index in [1.54, 1.807) is 0 Å². The van der Waals surface area contributed by atoms with Gasteiger partial charge in [-0.1, -0.05) is 0 Å². The maximum absolute atomic E-state index is 11.5. The number of nitrogens with zero attached hydrogens (tertiary/aromatic N) is 2. The molecule has 1 rings (SSSR count). The molecule has 0 bridgehead atoms. The third kappa shape index (κ3) is 1.17. The van der Waals surface area contributed by atoms with Crippen molar-refractivity contribution < 1.29 is 22.7 Å². The first-order valence-corrected chi connectivity index (χ1v) is 2.14. The minimum Gasteiger partial charge on any atom is -0.360 e. The minimum absolute atomic E-state index is 0.208. The highest BCUT2D eigenvalue weighted by Gasteiger charge is 2.39. The Morgan fingerprint density at radius 2 is 2.20 bits per heavy atom. The summed E-state index contributed by atoms with van der Waals surface area (Å²) in [6.45, 7) is 0. The molecule has 1 heterocycles. The molecule has 0 aromatic carbocycles. The van der Waals surface area contributed by atoms with Gasteiger partial charge in [-0.05, 0) is 4.90 Å². The van der Waals surface area contributed by atoms with E-state index in [0.717, 1.165) is 0 Å². The molecule has 1 aromatic heterocycles. The van der Waals surface area contributed by atoms with Gasteiger partial charge in [0, 0.05) is 0 Å². The van der Waals surface area contributed by atoms with Gasteiger partial charge >= 0.3 is 11.9 Å². The monoisotopic (exact) mass is 154 g/mol. The average molecular weight is 154 g/mol. The number of hydrogen-bond donors (Lipinski definition) is 0. The fourth-order valence-electron chi connectivity index (χ4n) is 0.356. The van der Waals surface area contributed by atoms with E-state index < -0.39 is 11.9 Å².